The average Bonchev–Trinajstić information content (AvgIpc) is 2.42. The molecule has 0 bridgehead atoms. The van der Waals surface area contributed by atoms with Crippen LogP contribution in [0.3, 0.4) is 0 Å². The third kappa shape index (κ3) is 62.9. The monoisotopic (exact) mass is 289 g/mol. The van der Waals surface area contributed by atoms with Crippen LogP contribution in [0.1, 0.15) is 80.0 Å². The summed E-state index contributed by atoms with van der Waals surface area (Å²) in [7, 11) is 0. The normalized spacial score (nSPS) is 8.10. The van der Waals surface area contributed by atoms with Gasteiger partial charge in [0.1, 0.15) is 0 Å². The smallest absolute Gasteiger partial charge is 1.00 e. The quantitative estimate of drug-likeness (QED) is 0.373. The molecular weight excluding hydrogens is 249 g/mol. The zero-order valence-corrected chi connectivity index (χ0v) is 14.5. The zero-order chi connectivity index (χ0) is 14.5. The standard InChI is InChI=1S/3C5H12O.Li.H3N.H/c3*1-2-3-4-5-6;;;/h3*6H,2-5H2,1H3;;1H3;/q;;;+1;;-1. The molecule has 0 amide bonds. The number of hydrogen-bond donors (Lipinski definition) is 4. The molecule has 6 N–H and O–H groups in total. The van der Waals surface area contributed by atoms with Crippen molar-refractivity contribution in [3.63, 3.8) is 0 Å². The predicted molar refractivity (Wildman–Crippen MR) is 86.0 cm³/mol. The summed E-state index contributed by atoms with van der Waals surface area (Å²) in [5.74, 6) is 0. The van der Waals surface area contributed by atoms with Crippen molar-refractivity contribution in [2.75, 3.05) is 19.8 Å². The second kappa shape index (κ2) is 42.7. The number of hydrogen-bond acceptors (Lipinski definition) is 4. The molecule has 20 heavy (non-hydrogen) atoms. The Hall–Kier alpha value is 0.437. The van der Waals surface area contributed by atoms with Crippen molar-refractivity contribution in [1.82, 2.24) is 6.15 Å². The van der Waals surface area contributed by atoms with Gasteiger partial charge in [-0.2, -0.15) is 0 Å². The fourth-order valence-electron chi connectivity index (χ4n) is 1.09. The summed E-state index contributed by atoms with van der Waals surface area (Å²) in [5, 5.41) is 24.6. The maximum atomic E-state index is 8.20. The molecule has 0 heterocycles. The molecule has 0 radical (unpaired) electrons. The van der Waals surface area contributed by atoms with E-state index < -0.39 is 0 Å². The first-order chi connectivity index (χ1) is 8.74. The Morgan fingerprint density at radius 3 is 0.800 bits per heavy atom. The first-order valence-electron chi connectivity index (χ1n) is 7.57. The number of aliphatic hydroxyl groups excluding tert-OH is 3. The molecule has 0 saturated carbocycles. The van der Waals surface area contributed by atoms with Crippen LogP contribution in [0.2, 0.25) is 0 Å². The van der Waals surface area contributed by atoms with E-state index in [0.29, 0.717) is 19.8 Å². The van der Waals surface area contributed by atoms with E-state index in [0.717, 1.165) is 38.5 Å². The molecular formula is C15H40LiNO3. The molecule has 4 nitrogen and oxygen atoms in total. The third-order valence-corrected chi connectivity index (χ3v) is 2.29. The second-order valence-electron chi connectivity index (χ2n) is 4.29. The Morgan fingerprint density at radius 2 is 0.750 bits per heavy atom. The molecule has 0 saturated heterocycles. The Kier molecular flexibility index (Phi) is 69.2. The van der Waals surface area contributed by atoms with E-state index in [-0.39, 0.29) is 26.4 Å². The van der Waals surface area contributed by atoms with Gasteiger partial charge in [-0.25, -0.2) is 0 Å². The Labute approximate surface area is 140 Å². The van der Waals surface area contributed by atoms with E-state index in [9.17, 15) is 0 Å². The summed E-state index contributed by atoms with van der Waals surface area (Å²) < 4.78 is 0. The van der Waals surface area contributed by atoms with Crippen LogP contribution in [0.4, 0.5) is 0 Å². The van der Waals surface area contributed by atoms with Crippen molar-refractivity contribution in [3.8, 4) is 0 Å². The SMILES string of the molecule is CCCCCO.CCCCCO.CCCCCO.N.[H-].[Li+]. The zero-order valence-electron chi connectivity index (χ0n) is 15.5. The minimum absolute atomic E-state index is 0. The van der Waals surface area contributed by atoms with Crippen molar-refractivity contribution in [2.24, 2.45) is 0 Å². The van der Waals surface area contributed by atoms with Crippen LogP contribution in [0, 0.1) is 0 Å². The third-order valence-electron chi connectivity index (χ3n) is 2.29. The number of aliphatic hydroxyl groups is 3. The molecule has 0 unspecified atom stereocenters. The fraction of sp³-hybridized carbons (Fsp3) is 1.00. The van der Waals surface area contributed by atoms with E-state index in [2.05, 4.69) is 20.8 Å². The Bertz CT molecular complexity index is 83.9. The molecule has 0 aromatic rings. The summed E-state index contributed by atoms with van der Waals surface area (Å²) in [6, 6.07) is 0. The fourth-order valence-corrected chi connectivity index (χ4v) is 1.09. The van der Waals surface area contributed by atoms with Gasteiger partial charge < -0.3 is 22.9 Å². The largest absolute Gasteiger partial charge is 1.00 e. The van der Waals surface area contributed by atoms with E-state index in [1.807, 2.05) is 0 Å². The molecule has 0 aromatic heterocycles. The first-order valence-corrected chi connectivity index (χ1v) is 7.57. The predicted octanol–water partition coefficient (Wildman–Crippen LogP) is 0.785. The molecule has 0 aliphatic rings. The maximum Gasteiger partial charge on any atom is 1.00 e. The van der Waals surface area contributed by atoms with Crippen LogP contribution in [0.15, 0.2) is 0 Å². The second-order valence-corrected chi connectivity index (χ2v) is 4.29. The van der Waals surface area contributed by atoms with E-state index in [4.69, 9.17) is 15.3 Å². The van der Waals surface area contributed by atoms with Gasteiger partial charge in [-0.15, -0.1) is 0 Å². The molecule has 0 spiro atoms. The van der Waals surface area contributed by atoms with Crippen molar-refractivity contribution in [1.29, 1.82) is 0 Å². The van der Waals surface area contributed by atoms with Crippen molar-refractivity contribution in [2.45, 2.75) is 78.6 Å². The van der Waals surface area contributed by atoms with Crippen LogP contribution in [-0.4, -0.2) is 35.1 Å². The van der Waals surface area contributed by atoms with Crippen molar-refractivity contribution < 1.29 is 35.6 Å². The van der Waals surface area contributed by atoms with Crippen LogP contribution in [-0.2, 0) is 0 Å². The molecule has 124 valence electrons. The molecule has 0 aliphatic carbocycles. The Balaban J connectivity index is -0.0000000375. The van der Waals surface area contributed by atoms with Crippen LogP contribution < -0.4 is 25.0 Å². The topological polar surface area (TPSA) is 95.7 Å². The number of unbranched alkanes of at least 4 members (excludes halogenated alkanes) is 6. The van der Waals surface area contributed by atoms with E-state index in [1.54, 1.807) is 0 Å². The summed E-state index contributed by atoms with van der Waals surface area (Å²) in [5.41, 5.74) is 0. The van der Waals surface area contributed by atoms with Gasteiger partial charge in [-0.1, -0.05) is 59.3 Å². The van der Waals surface area contributed by atoms with Gasteiger partial charge in [0.15, 0.2) is 0 Å². The molecule has 0 aliphatic heterocycles. The van der Waals surface area contributed by atoms with Gasteiger partial charge in [0.2, 0.25) is 0 Å². The van der Waals surface area contributed by atoms with E-state index in [1.165, 1.54) is 19.3 Å². The first kappa shape index (κ1) is 32.4. The molecule has 0 fully saturated rings. The summed E-state index contributed by atoms with van der Waals surface area (Å²) in [6.45, 7) is 7.43. The van der Waals surface area contributed by atoms with Crippen LogP contribution in [0.5, 0.6) is 0 Å². The molecule has 5 heteroatoms. The molecule has 0 atom stereocenters. The van der Waals surface area contributed by atoms with Gasteiger partial charge in [-0.05, 0) is 19.3 Å². The van der Waals surface area contributed by atoms with Gasteiger partial charge in [0, 0.05) is 19.8 Å². The maximum absolute atomic E-state index is 8.20. The minimum Gasteiger partial charge on any atom is -1.00 e. The number of rotatable bonds is 9. The summed E-state index contributed by atoms with van der Waals surface area (Å²) >= 11 is 0. The molecule has 0 rings (SSSR count). The Morgan fingerprint density at radius 1 is 0.550 bits per heavy atom. The summed E-state index contributed by atoms with van der Waals surface area (Å²) in [6.07, 6.45) is 9.98. The van der Waals surface area contributed by atoms with Crippen molar-refractivity contribution >= 4 is 0 Å². The average molecular weight is 289 g/mol. The van der Waals surface area contributed by atoms with Crippen LogP contribution in [0.25, 0.3) is 0 Å². The van der Waals surface area contributed by atoms with E-state index >= 15 is 0 Å². The van der Waals surface area contributed by atoms with Crippen LogP contribution >= 0.6 is 0 Å². The van der Waals surface area contributed by atoms with Gasteiger partial charge >= 0.3 is 18.9 Å². The van der Waals surface area contributed by atoms with Gasteiger partial charge in [-0.3, -0.25) is 0 Å². The van der Waals surface area contributed by atoms with Crippen molar-refractivity contribution in [3.05, 3.63) is 0 Å². The van der Waals surface area contributed by atoms with Gasteiger partial charge in [0.25, 0.3) is 0 Å². The van der Waals surface area contributed by atoms with Gasteiger partial charge in [0.05, 0.1) is 0 Å². The summed E-state index contributed by atoms with van der Waals surface area (Å²) in [4.78, 5) is 0. The minimum atomic E-state index is 0. The molecule has 0 aromatic carbocycles.